The van der Waals surface area contributed by atoms with Gasteiger partial charge in [0.05, 0.1) is 70.5 Å². The second-order valence-electron chi connectivity index (χ2n) is 26.2. The maximum atomic E-state index is 14.7. The number of carbonyl (C=O) groups excluding carboxylic acids is 4. The summed E-state index contributed by atoms with van der Waals surface area (Å²) in [6, 6.07) is -0.656. The summed E-state index contributed by atoms with van der Waals surface area (Å²) < 4.78 is 24.0. The quantitative estimate of drug-likeness (QED) is 0.0729. The Hall–Kier alpha value is -4.88. The number of nitrogens with zero attached hydrogens (tertiary/aromatic N) is 4. The summed E-state index contributed by atoms with van der Waals surface area (Å²) in [6.45, 7) is 24.4. The summed E-state index contributed by atoms with van der Waals surface area (Å²) in [6.07, 6.45) is 7.11. The number of aliphatic hydroxyl groups is 5. The van der Waals surface area contributed by atoms with Crippen molar-refractivity contribution >= 4 is 63.4 Å². The number of halogens is 1. The Morgan fingerprint density at radius 3 is 2.17 bits per heavy atom. The number of benzene rings is 2. The fourth-order valence-electron chi connectivity index (χ4n) is 13.9. The highest BCUT2D eigenvalue weighted by Gasteiger charge is 2.51. The topological polar surface area (TPSA) is 302 Å². The van der Waals surface area contributed by atoms with E-state index in [2.05, 4.69) is 41.2 Å². The number of alkyl halides is 1. The number of hydrogen-bond donors (Lipinski definition) is 9. The minimum absolute atomic E-state index is 0.0364. The van der Waals surface area contributed by atoms with Crippen molar-refractivity contribution in [3.05, 3.63) is 58.0 Å². The molecular formula is C65H97ClN6O15S. The van der Waals surface area contributed by atoms with Crippen molar-refractivity contribution in [2.45, 2.75) is 198 Å². The van der Waals surface area contributed by atoms with Gasteiger partial charge in [-0.3, -0.25) is 34.1 Å². The SMILES string of the molecule is CCCC1CC(C(=O)NC(C(C)Cl)C2CC(SC)C(O)C(O)C2O)N(C)C1.CO[C@H]1/C=C\O[C@@]2(C)Oc3c(C)c(O)c4c(O)c(c5c(c4c3C2=O)=NC2(CCN(CC(C)C)CC2)N=5)NC(=O)/C(C)=C/C=C\[C@H](C)[C@H](O)[C@@H](C)[C@@H](O)[C@H](C)[C@@H](OC(C)=O)[C@@H]1C. The lowest BCUT2D eigenvalue weighted by Gasteiger charge is -2.44. The molecule has 2 saturated heterocycles. The summed E-state index contributed by atoms with van der Waals surface area (Å²) in [5, 5.41) is 83.6. The standard InChI is InChI=1S/C46H62N4O11.C19H35ClN2O4S/c1-22(2)21-50-18-16-46(17-19-50)48-34-31-32-39(54)28(8)42-33(31)43(56)45(10,61-42)59-20-15-30(58-11)25(5)41(60-29(9)51)27(7)38(53)26(6)37(52)23(3)13-12-14-24(4)44(57)47-36(40(32)55)35(34)49-46;1-5-6-11-7-13(22(3)9-11)19(26)21-15(10(2)20)12-8-14(27-4)17(24)18(25)16(12)23/h12-15,20,22-23,25-27,30,37-38,41,52-55H,16-19,21H2,1-11H3,(H,47,57);10-18,23-25H,5-9H2,1-4H3,(H,21,26)/b13-12-,20-15-,24-14+;/t23-,25+,26+,27-,30-,37-,38+,41-,45-;/m0./s1. The molecule has 6 aliphatic rings. The van der Waals surface area contributed by atoms with E-state index in [0.717, 1.165) is 32.4 Å². The first-order valence-corrected chi connectivity index (χ1v) is 32.9. The highest BCUT2D eigenvalue weighted by atomic mass is 35.5. The highest BCUT2D eigenvalue weighted by Crippen LogP contribution is 2.50. The fourth-order valence-corrected chi connectivity index (χ4v) is 15.0. The number of ether oxygens (including phenoxy) is 4. The highest BCUT2D eigenvalue weighted by molar-refractivity contribution is 7.99. The molecule has 5 heterocycles. The number of amides is 2. The molecule has 1 saturated carbocycles. The Morgan fingerprint density at radius 2 is 1.57 bits per heavy atom. The third kappa shape index (κ3) is 14.7. The van der Waals surface area contributed by atoms with Crippen molar-refractivity contribution in [2.75, 3.05) is 51.9 Å². The number of ketones is 1. The Morgan fingerprint density at radius 1 is 0.909 bits per heavy atom. The first-order valence-electron chi connectivity index (χ1n) is 31.1. The average molecular weight is 1270 g/mol. The maximum Gasteiger partial charge on any atom is 0.312 e. The minimum Gasteiger partial charge on any atom is -0.507 e. The van der Waals surface area contributed by atoms with Crippen LogP contribution in [-0.4, -0.2) is 193 Å². The molecule has 18 atom stereocenters. The molecule has 0 radical (unpaired) electrons. The number of hydrogen-bond acceptors (Lipinski definition) is 20. The van der Waals surface area contributed by atoms with Gasteiger partial charge in [-0.05, 0) is 71.2 Å². The maximum absolute atomic E-state index is 14.7. The first kappa shape index (κ1) is 70.6. The molecule has 0 aromatic heterocycles. The number of nitrogens with one attached hydrogen (secondary N) is 2. The summed E-state index contributed by atoms with van der Waals surface area (Å²) in [5.74, 6) is -6.39. The largest absolute Gasteiger partial charge is 0.507 e. The predicted octanol–water partition coefficient (Wildman–Crippen LogP) is 5.80. The van der Waals surface area contributed by atoms with Crippen LogP contribution in [0.3, 0.4) is 0 Å². The van der Waals surface area contributed by atoms with Gasteiger partial charge < -0.3 is 70.2 Å². The number of piperidine rings is 1. The molecule has 88 heavy (non-hydrogen) atoms. The fraction of sp³-hybridized carbons (Fsp3) is 0.692. The predicted molar refractivity (Wildman–Crippen MR) is 338 cm³/mol. The van der Waals surface area contributed by atoms with Crippen LogP contribution in [0.5, 0.6) is 17.2 Å². The number of Topliss-reactive ketones (excluding diaryl/α,β-unsaturated/α-hetero) is 1. The van der Waals surface area contributed by atoms with Gasteiger partial charge >= 0.3 is 11.8 Å². The Bertz CT molecular complexity index is 3100. The number of anilines is 1. The van der Waals surface area contributed by atoms with Crippen molar-refractivity contribution in [3.63, 3.8) is 0 Å². The minimum atomic E-state index is -1.96. The van der Waals surface area contributed by atoms with Gasteiger partial charge in [0.15, 0.2) is 11.4 Å². The van der Waals surface area contributed by atoms with Crippen LogP contribution in [0.2, 0.25) is 0 Å². The molecule has 2 aromatic rings. The second-order valence-corrected chi connectivity index (χ2v) is 27.9. The van der Waals surface area contributed by atoms with Crippen LogP contribution < -0.4 is 26.1 Å². The van der Waals surface area contributed by atoms with Gasteiger partial charge in [-0.25, -0.2) is 0 Å². The number of rotatable bonds is 11. The lowest BCUT2D eigenvalue weighted by Crippen LogP contribution is -2.61. The number of fused-ring (bicyclic) bond motifs is 1. The molecule has 3 fully saturated rings. The number of likely N-dealkylation sites (N-methyl/N-ethyl adjacent to an activating group) is 1. The second kappa shape index (κ2) is 29.2. The lowest BCUT2D eigenvalue weighted by molar-refractivity contribution is -0.160. The zero-order chi connectivity index (χ0) is 65.2. The smallest absolute Gasteiger partial charge is 0.312 e. The normalized spacial score (nSPS) is 34.9. The van der Waals surface area contributed by atoms with Crippen molar-refractivity contribution in [3.8, 4) is 17.2 Å². The van der Waals surface area contributed by atoms with Gasteiger partial charge in [-0.2, -0.15) is 11.8 Å². The van der Waals surface area contributed by atoms with E-state index in [1.54, 1.807) is 72.8 Å². The van der Waals surface area contributed by atoms with E-state index in [-0.39, 0.29) is 72.6 Å². The van der Waals surface area contributed by atoms with Crippen LogP contribution >= 0.6 is 23.4 Å². The van der Waals surface area contributed by atoms with Crippen LogP contribution in [0.15, 0.2) is 46.1 Å². The number of aromatic hydroxyl groups is 2. The lowest BCUT2D eigenvalue weighted by atomic mass is 9.77. The van der Waals surface area contributed by atoms with Crippen LogP contribution in [0.25, 0.3) is 10.8 Å². The van der Waals surface area contributed by atoms with E-state index < -0.39 is 119 Å². The number of esters is 1. The molecule has 2 amide bonds. The number of phenols is 2. The summed E-state index contributed by atoms with van der Waals surface area (Å²) in [5.41, 5.74) is -0.572. The number of allylic oxidation sites excluding steroid dienone is 2. The summed E-state index contributed by atoms with van der Waals surface area (Å²) >= 11 is 7.85. The Balaban J connectivity index is 0.000000341. The molecule has 1 spiro atoms. The van der Waals surface area contributed by atoms with Gasteiger partial charge in [0.2, 0.25) is 5.91 Å². The molecule has 4 bridgehead atoms. The van der Waals surface area contributed by atoms with Crippen LogP contribution in [0, 0.1) is 48.3 Å². The monoisotopic (exact) mass is 1270 g/mol. The first-order chi connectivity index (χ1) is 41.3. The van der Waals surface area contributed by atoms with Gasteiger partial charge in [0, 0.05) is 111 Å². The third-order valence-electron chi connectivity index (χ3n) is 19.1. The van der Waals surface area contributed by atoms with Gasteiger partial charge in [-0.1, -0.05) is 73.1 Å². The Labute approximate surface area is 527 Å². The number of thioether (sulfide) groups is 1. The number of aliphatic hydroxyl groups excluding tert-OH is 5. The van der Waals surface area contributed by atoms with Crippen molar-refractivity contribution in [1.29, 1.82) is 0 Å². The zero-order valence-electron chi connectivity index (χ0n) is 53.8. The molecule has 9 unspecified atom stereocenters. The molecular weight excluding hydrogens is 1170 g/mol. The Kier molecular flexibility index (Phi) is 23.4. The van der Waals surface area contributed by atoms with Crippen LogP contribution in [0.4, 0.5) is 5.69 Å². The van der Waals surface area contributed by atoms with Crippen molar-refractivity contribution in [2.24, 2.45) is 51.4 Å². The van der Waals surface area contributed by atoms with E-state index >= 15 is 0 Å². The van der Waals surface area contributed by atoms with Gasteiger partial charge in [0.1, 0.15) is 34.8 Å². The van der Waals surface area contributed by atoms with E-state index in [0.29, 0.717) is 44.2 Å². The average Bonchev–Trinajstić information content (AvgIpc) is 1.57. The summed E-state index contributed by atoms with van der Waals surface area (Å²) in [4.78, 5) is 68.7. The van der Waals surface area contributed by atoms with Crippen LogP contribution in [0.1, 0.15) is 131 Å². The molecule has 5 aliphatic heterocycles. The van der Waals surface area contributed by atoms with E-state index in [1.807, 2.05) is 13.3 Å². The molecule has 21 nitrogen and oxygen atoms in total. The van der Waals surface area contributed by atoms with E-state index in [9.17, 15) is 54.9 Å². The van der Waals surface area contributed by atoms with E-state index in [1.165, 1.54) is 39.0 Å². The number of carbonyl (C=O) groups is 4. The zero-order valence-corrected chi connectivity index (χ0v) is 55.4. The third-order valence-corrected chi connectivity index (χ3v) is 20.5. The number of methoxy groups -OCH3 is 1. The molecule has 9 N–H and O–H groups in total. The number of likely N-dealkylation sites (tertiary alicyclic amines) is 2. The molecule has 8 rings (SSSR count). The van der Waals surface area contributed by atoms with Crippen LogP contribution in [-0.2, 0) is 28.6 Å². The number of phenolic OH excluding ortho intramolecular Hbond substituents is 2. The van der Waals surface area contributed by atoms with E-state index in [4.69, 9.17) is 40.5 Å². The van der Waals surface area contributed by atoms with Crippen molar-refractivity contribution < 1.29 is 73.9 Å². The molecule has 1 aliphatic carbocycles. The molecule has 2 aromatic carbocycles. The van der Waals surface area contributed by atoms with Gasteiger partial charge in [0.25, 0.3) is 11.7 Å². The van der Waals surface area contributed by atoms with Crippen molar-refractivity contribution in [1.82, 2.24) is 15.1 Å². The molecule has 23 heteroatoms. The van der Waals surface area contributed by atoms with Gasteiger partial charge in [-0.15, -0.1) is 11.6 Å². The molecule has 490 valence electrons. The summed E-state index contributed by atoms with van der Waals surface area (Å²) in [7, 11) is 3.44.